The molecule has 0 aliphatic carbocycles. The van der Waals surface area contributed by atoms with Gasteiger partial charge < -0.3 is 0 Å². The molecule has 0 aromatic heterocycles. The molecule has 3 rings (SSSR count). The lowest BCUT2D eigenvalue weighted by molar-refractivity contribution is -0.384. The number of non-ortho nitro benzene ring substituents is 1. The number of fused-ring (bicyclic) bond motifs is 1. The summed E-state index contributed by atoms with van der Waals surface area (Å²) in [6.45, 7) is 0. The summed E-state index contributed by atoms with van der Waals surface area (Å²) in [4.78, 5) is 10.4. The third-order valence-electron chi connectivity index (χ3n) is 3.14. The van der Waals surface area contributed by atoms with Crippen LogP contribution in [0.3, 0.4) is 0 Å². The van der Waals surface area contributed by atoms with Gasteiger partial charge in [0, 0.05) is 12.1 Å². The Kier molecular flexibility index (Phi) is 2.72. The van der Waals surface area contributed by atoms with E-state index in [-0.39, 0.29) is 10.6 Å². The van der Waals surface area contributed by atoms with Crippen molar-refractivity contribution in [1.82, 2.24) is 0 Å². The molecule has 0 aliphatic rings. The van der Waals surface area contributed by atoms with E-state index in [0.29, 0.717) is 0 Å². The number of nitro groups is 1. The molecule has 0 aliphatic heterocycles. The van der Waals surface area contributed by atoms with Crippen LogP contribution in [0.15, 0.2) is 66.7 Å². The lowest BCUT2D eigenvalue weighted by atomic mass is 10.0. The molecular formula is C16H11NO2. The van der Waals surface area contributed by atoms with E-state index in [1.807, 2.05) is 48.5 Å². The zero-order valence-corrected chi connectivity index (χ0v) is 10.1. The molecule has 3 nitrogen and oxygen atoms in total. The number of benzene rings is 3. The third-order valence-corrected chi connectivity index (χ3v) is 3.14. The summed E-state index contributed by atoms with van der Waals surface area (Å²) in [7, 11) is 0. The predicted molar refractivity (Wildman–Crippen MR) is 76.0 cm³/mol. The lowest BCUT2D eigenvalue weighted by Crippen LogP contribution is -1.88. The lowest BCUT2D eigenvalue weighted by Gasteiger charge is -2.04. The number of nitrogens with zero attached hydrogens (tertiary/aromatic N) is 1. The van der Waals surface area contributed by atoms with Crippen molar-refractivity contribution in [2.24, 2.45) is 0 Å². The minimum atomic E-state index is -0.370. The number of hydrogen-bond donors (Lipinski definition) is 0. The second-order valence-corrected chi connectivity index (χ2v) is 4.37. The largest absolute Gasteiger partial charge is 0.270 e. The van der Waals surface area contributed by atoms with E-state index < -0.39 is 0 Å². The Balaban J connectivity index is 2.13. The molecule has 0 unspecified atom stereocenters. The molecule has 0 amide bonds. The standard InChI is InChI=1S/C16H11NO2/c18-17(19)16-7-3-6-14(11-16)15-9-8-12-4-1-2-5-13(12)10-15/h1-11H. The molecule has 19 heavy (non-hydrogen) atoms. The molecule has 0 atom stereocenters. The monoisotopic (exact) mass is 249 g/mol. The van der Waals surface area contributed by atoms with Gasteiger partial charge >= 0.3 is 0 Å². The van der Waals surface area contributed by atoms with Gasteiger partial charge in [0.1, 0.15) is 0 Å². The van der Waals surface area contributed by atoms with Gasteiger partial charge in [-0.15, -0.1) is 0 Å². The van der Waals surface area contributed by atoms with Gasteiger partial charge in [-0.25, -0.2) is 0 Å². The van der Waals surface area contributed by atoms with Crippen LogP contribution in [-0.2, 0) is 0 Å². The van der Waals surface area contributed by atoms with E-state index >= 15 is 0 Å². The molecule has 0 fully saturated rings. The fourth-order valence-corrected chi connectivity index (χ4v) is 2.17. The molecular weight excluding hydrogens is 238 g/mol. The molecule has 0 saturated carbocycles. The summed E-state index contributed by atoms with van der Waals surface area (Å²) in [6, 6.07) is 20.8. The zero-order chi connectivity index (χ0) is 13.2. The van der Waals surface area contributed by atoms with Gasteiger partial charge in [-0.2, -0.15) is 0 Å². The minimum Gasteiger partial charge on any atom is -0.258 e. The van der Waals surface area contributed by atoms with Crippen molar-refractivity contribution >= 4 is 16.5 Å². The van der Waals surface area contributed by atoms with Gasteiger partial charge in [0.15, 0.2) is 0 Å². The van der Waals surface area contributed by atoms with Gasteiger partial charge in [0.05, 0.1) is 4.92 Å². The summed E-state index contributed by atoms with van der Waals surface area (Å²) in [5.74, 6) is 0. The molecule has 3 heteroatoms. The first-order valence-corrected chi connectivity index (χ1v) is 5.98. The minimum absolute atomic E-state index is 0.116. The Hall–Kier alpha value is -2.68. The van der Waals surface area contributed by atoms with Crippen LogP contribution in [0.25, 0.3) is 21.9 Å². The van der Waals surface area contributed by atoms with E-state index in [0.717, 1.165) is 21.9 Å². The van der Waals surface area contributed by atoms with Crippen molar-refractivity contribution in [1.29, 1.82) is 0 Å². The van der Waals surface area contributed by atoms with Crippen LogP contribution in [0.4, 0.5) is 5.69 Å². The fraction of sp³-hybridized carbons (Fsp3) is 0. The molecule has 3 aromatic carbocycles. The summed E-state index contributed by atoms with van der Waals surface area (Å²) >= 11 is 0. The Labute approximate surface area is 110 Å². The van der Waals surface area contributed by atoms with Crippen LogP contribution in [0.2, 0.25) is 0 Å². The first-order valence-electron chi connectivity index (χ1n) is 5.98. The van der Waals surface area contributed by atoms with Crippen LogP contribution in [-0.4, -0.2) is 4.92 Å². The SMILES string of the molecule is O=[N+]([O-])c1cccc(-c2ccc3ccccc3c2)c1. The average molecular weight is 249 g/mol. The average Bonchev–Trinajstić information content (AvgIpc) is 2.47. The van der Waals surface area contributed by atoms with Crippen LogP contribution in [0.5, 0.6) is 0 Å². The Morgan fingerprint density at radius 1 is 0.737 bits per heavy atom. The van der Waals surface area contributed by atoms with Crippen molar-refractivity contribution in [2.75, 3.05) is 0 Å². The Morgan fingerprint density at radius 3 is 2.26 bits per heavy atom. The van der Waals surface area contributed by atoms with Crippen molar-refractivity contribution < 1.29 is 4.92 Å². The van der Waals surface area contributed by atoms with E-state index in [1.165, 1.54) is 6.07 Å². The van der Waals surface area contributed by atoms with Crippen molar-refractivity contribution in [2.45, 2.75) is 0 Å². The highest BCUT2D eigenvalue weighted by atomic mass is 16.6. The second-order valence-electron chi connectivity index (χ2n) is 4.37. The number of rotatable bonds is 2. The summed E-state index contributed by atoms with van der Waals surface area (Å²) in [6.07, 6.45) is 0. The van der Waals surface area contributed by atoms with E-state index in [1.54, 1.807) is 12.1 Å². The molecule has 0 bridgehead atoms. The van der Waals surface area contributed by atoms with Gasteiger partial charge in [-0.05, 0) is 28.0 Å². The predicted octanol–water partition coefficient (Wildman–Crippen LogP) is 4.42. The highest BCUT2D eigenvalue weighted by Gasteiger charge is 2.07. The molecule has 0 spiro atoms. The first kappa shape index (κ1) is 11.4. The summed E-state index contributed by atoms with van der Waals surface area (Å²) in [5, 5.41) is 13.1. The zero-order valence-electron chi connectivity index (χ0n) is 10.1. The summed E-state index contributed by atoms with van der Waals surface area (Å²) < 4.78 is 0. The van der Waals surface area contributed by atoms with Crippen LogP contribution in [0.1, 0.15) is 0 Å². The van der Waals surface area contributed by atoms with Crippen molar-refractivity contribution in [3.8, 4) is 11.1 Å². The van der Waals surface area contributed by atoms with Crippen LogP contribution >= 0.6 is 0 Å². The van der Waals surface area contributed by atoms with Crippen molar-refractivity contribution in [3.63, 3.8) is 0 Å². The van der Waals surface area contributed by atoms with Gasteiger partial charge in [-0.3, -0.25) is 10.1 Å². The maximum atomic E-state index is 10.8. The fourth-order valence-electron chi connectivity index (χ4n) is 2.17. The summed E-state index contributed by atoms with van der Waals surface area (Å²) in [5.41, 5.74) is 1.97. The highest BCUT2D eigenvalue weighted by Crippen LogP contribution is 2.26. The number of hydrogen-bond acceptors (Lipinski definition) is 2. The molecule has 0 radical (unpaired) electrons. The van der Waals surface area contributed by atoms with Crippen LogP contribution in [0, 0.1) is 10.1 Å². The van der Waals surface area contributed by atoms with Gasteiger partial charge in [0.25, 0.3) is 5.69 Å². The quantitative estimate of drug-likeness (QED) is 0.498. The first-order chi connectivity index (χ1) is 9.24. The van der Waals surface area contributed by atoms with Gasteiger partial charge in [0.2, 0.25) is 0 Å². The molecule has 0 heterocycles. The Morgan fingerprint density at radius 2 is 1.47 bits per heavy atom. The maximum Gasteiger partial charge on any atom is 0.270 e. The molecule has 0 saturated heterocycles. The topological polar surface area (TPSA) is 43.1 Å². The van der Waals surface area contributed by atoms with Crippen LogP contribution < -0.4 is 0 Å². The molecule has 3 aromatic rings. The molecule has 0 N–H and O–H groups in total. The second kappa shape index (κ2) is 4.53. The highest BCUT2D eigenvalue weighted by molar-refractivity contribution is 5.87. The van der Waals surface area contributed by atoms with E-state index in [4.69, 9.17) is 0 Å². The van der Waals surface area contributed by atoms with E-state index in [2.05, 4.69) is 0 Å². The molecule has 92 valence electrons. The maximum absolute atomic E-state index is 10.8. The Bertz CT molecular complexity index is 765. The smallest absolute Gasteiger partial charge is 0.258 e. The third kappa shape index (κ3) is 2.18. The number of nitro benzene ring substituents is 1. The normalized spacial score (nSPS) is 10.5. The van der Waals surface area contributed by atoms with E-state index in [9.17, 15) is 10.1 Å². The van der Waals surface area contributed by atoms with Gasteiger partial charge in [-0.1, -0.05) is 48.5 Å². The van der Waals surface area contributed by atoms with Crippen molar-refractivity contribution in [3.05, 3.63) is 76.8 Å².